The molecule has 6 rings (SSSR count). The summed E-state index contributed by atoms with van der Waals surface area (Å²) in [5.74, 6) is -1.52. The van der Waals surface area contributed by atoms with Gasteiger partial charge in [0.2, 0.25) is 11.8 Å². The highest BCUT2D eigenvalue weighted by atomic mass is 16.5. The molecule has 3 aromatic rings. The number of esters is 1. The van der Waals surface area contributed by atoms with E-state index in [2.05, 4.69) is 17.4 Å². The Morgan fingerprint density at radius 2 is 1.64 bits per heavy atom. The van der Waals surface area contributed by atoms with Gasteiger partial charge >= 0.3 is 5.97 Å². The highest BCUT2D eigenvalue weighted by Crippen LogP contribution is 2.61. The first-order valence-electron chi connectivity index (χ1n) is 13.5. The number of hydrogen-bond acceptors (Lipinski definition) is 5. The number of carbonyl (C=O) groups is 4. The second-order valence-electron chi connectivity index (χ2n) is 10.7. The van der Waals surface area contributed by atoms with E-state index in [-0.39, 0.29) is 47.0 Å². The van der Waals surface area contributed by atoms with E-state index in [0.29, 0.717) is 11.4 Å². The van der Waals surface area contributed by atoms with Crippen LogP contribution in [0, 0.1) is 23.7 Å². The summed E-state index contributed by atoms with van der Waals surface area (Å²) in [5, 5.41) is 2.71. The fraction of sp³-hybridized carbons (Fsp3) is 0.312. The molecule has 7 nitrogen and oxygen atoms in total. The first-order valence-corrected chi connectivity index (χ1v) is 13.5. The van der Waals surface area contributed by atoms with Gasteiger partial charge in [0, 0.05) is 5.69 Å². The molecule has 2 aliphatic carbocycles. The van der Waals surface area contributed by atoms with Crippen molar-refractivity contribution in [3.63, 3.8) is 0 Å². The van der Waals surface area contributed by atoms with Crippen molar-refractivity contribution in [1.82, 2.24) is 0 Å². The molecule has 3 fully saturated rings. The van der Waals surface area contributed by atoms with E-state index in [1.165, 1.54) is 16.5 Å². The van der Waals surface area contributed by atoms with Crippen molar-refractivity contribution in [2.24, 2.45) is 23.7 Å². The van der Waals surface area contributed by atoms with Gasteiger partial charge in [-0.05, 0) is 78.5 Å². The van der Waals surface area contributed by atoms with Crippen LogP contribution in [0.2, 0.25) is 0 Å². The number of nitrogens with one attached hydrogen (secondary N) is 1. The van der Waals surface area contributed by atoms with Crippen LogP contribution in [0.15, 0.2) is 78.9 Å². The molecule has 2 saturated carbocycles. The van der Waals surface area contributed by atoms with Gasteiger partial charge in [-0.1, -0.05) is 55.5 Å². The number of anilines is 2. The summed E-state index contributed by atoms with van der Waals surface area (Å²) < 4.78 is 5.22. The lowest BCUT2D eigenvalue weighted by Crippen LogP contribution is -2.33. The number of carbonyl (C=O) groups excluding carboxylic acids is 4. The van der Waals surface area contributed by atoms with Crippen LogP contribution < -0.4 is 10.2 Å². The van der Waals surface area contributed by atoms with Gasteiger partial charge in [-0.3, -0.25) is 19.3 Å². The van der Waals surface area contributed by atoms with Crippen LogP contribution in [0.3, 0.4) is 0 Å². The number of fused-ring (bicyclic) bond motifs is 5. The first kappa shape index (κ1) is 25.0. The molecule has 0 aromatic heterocycles. The lowest BCUT2D eigenvalue weighted by Gasteiger charge is -2.28. The highest BCUT2D eigenvalue weighted by Gasteiger charge is 2.64. The molecule has 3 aliphatic rings. The van der Waals surface area contributed by atoms with Gasteiger partial charge in [0.05, 0.1) is 23.1 Å². The molecular weight excluding hydrogens is 492 g/mol. The fourth-order valence-corrected chi connectivity index (χ4v) is 6.80. The van der Waals surface area contributed by atoms with Gasteiger partial charge < -0.3 is 10.1 Å². The maximum Gasteiger partial charge on any atom is 0.338 e. The molecule has 3 amide bonds. The molecular formula is C32H30N2O5. The Hall–Kier alpha value is -4.26. The molecule has 1 N–H and O–H groups in total. The quantitative estimate of drug-likeness (QED) is 0.349. The molecule has 198 valence electrons. The lowest BCUT2D eigenvalue weighted by molar-refractivity contribution is -0.123. The number of aryl methyl sites for hydroxylation is 1. The summed E-state index contributed by atoms with van der Waals surface area (Å²) in [6, 6.07) is 24.0. The van der Waals surface area contributed by atoms with E-state index < -0.39 is 18.5 Å². The van der Waals surface area contributed by atoms with Gasteiger partial charge in [-0.25, -0.2) is 4.79 Å². The Bertz CT molecular complexity index is 1430. The van der Waals surface area contributed by atoms with Crippen molar-refractivity contribution in [2.45, 2.75) is 32.1 Å². The Kier molecular flexibility index (Phi) is 6.51. The van der Waals surface area contributed by atoms with Crippen molar-refractivity contribution in [1.29, 1.82) is 0 Å². The maximum absolute atomic E-state index is 13.6. The van der Waals surface area contributed by atoms with E-state index >= 15 is 0 Å². The SMILES string of the molecule is CCc1ccc(NC(=O)COC(=O)c2cccc(N3C(=O)[C@@H]4[C@@H]5C[C@@H]([C@@H]4C3=O)[C@H](c3ccccc3)C5)c2)cc1. The van der Waals surface area contributed by atoms with Gasteiger partial charge in [0.25, 0.3) is 5.91 Å². The fourth-order valence-electron chi connectivity index (χ4n) is 6.80. The lowest BCUT2D eigenvalue weighted by atomic mass is 9.73. The van der Waals surface area contributed by atoms with Crippen LogP contribution in [-0.2, 0) is 25.5 Å². The number of ether oxygens (including phenoxy) is 1. The normalized spacial score (nSPS) is 25.1. The van der Waals surface area contributed by atoms with E-state index in [0.717, 1.165) is 24.8 Å². The van der Waals surface area contributed by atoms with Crippen LogP contribution in [0.25, 0.3) is 0 Å². The van der Waals surface area contributed by atoms with E-state index in [1.54, 1.807) is 30.3 Å². The summed E-state index contributed by atoms with van der Waals surface area (Å²) in [5.41, 5.74) is 3.55. The summed E-state index contributed by atoms with van der Waals surface area (Å²) in [6.07, 6.45) is 2.72. The smallest absolute Gasteiger partial charge is 0.338 e. The Balaban J connectivity index is 1.12. The van der Waals surface area contributed by atoms with Crippen molar-refractivity contribution < 1.29 is 23.9 Å². The number of amides is 3. The Labute approximate surface area is 227 Å². The van der Waals surface area contributed by atoms with Crippen LogP contribution in [-0.4, -0.2) is 30.3 Å². The largest absolute Gasteiger partial charge is 0.452 e. The van der Waals surface area contributed by atoms with Gasteiger partial charge in [0.15, 0.2) is 6.61 Å². The highest BCUT2D eigenvalue weighted by molar-refractivity contribution is 6.23. The number of benzene rings is 3. The Morgan fingerprint density at radius 3 is 2.38 bits per heavy atom. The molecule has 0 spiro atoms. The van der Waals surface area contributed by atoms with E-state index in [4.69, 9.17) is 4.74 Å². The Morgan fingerprint density at radius 1 is 0.897 bits per heavy atom. The zero-order valence-corrected chi connectivity index (χ0v) is 21.7. The molecule has 1 saturated heterocycles. The predicted molar refractivity (Wildman–Crippen MR) is 146 cm³/mol. The van der Waals surface area contributed by atoms with Gasteiger partial charge in [-0.2, -0.15) is 0 Å². The molecule has 0 radical (unpaired) electrons. The maximum atomic E-state index is 13.6. The molecule has 2 bridgehead atoms. The molecule has 1 heterocycles. The van der Waals surface area contributed by atoms with Crippen molar-refractivity contribution in [3.05, 3.63) is 95.6 Å². The first-order chi connectivity index (χ1) is 18.9. The molecule has 5 atom stereocenters. The third kappa shape index (κ3) is 4.52. The van der Waals surface area contributed by atoms with Crippen LogP contribution in [0.1, 0.15) is 47.2 Å². The molecule has 39 heavy (non-hydrogen) atoms. The van der Waals surface area contributed by atoms with Crippen LogP contribution in [0.4, 0.5) is 11.4 Å². The molecule has 3 aromatic carbocycles. The minimum absolute atomic E-state index is 0.147. The summed E-state index contributed by atoms with van der Waals surface area (Å²) in [4.78, 5) is 53.4. The van der Waals surface area contributed by atoms with Crippen LogP contribution in [0.5, 0.6) is 0 Å². The number of imide groups is 1. The van der Waals surface area contributed by atoms with E-state index in [1.807, 2.05) is 37.3 Å². The average molecular weight is 523 g/mol. The van der Waals surface area contributed by atoms with Crippen molar-refractivity contribution >= 4 is 35.1 Å². The van der Waals surface area contributed by atoms with Crippen molar-refractivity contribution in [3.8, 4) is 0 Å². The summed E-state index contributed by atoms with van der Waals surface area (Å²) >= 11 is 0. The predicted octanol–water partition coefficient (Wildman–Crippen LogP) is 4.97. The third-order valence-corrected chi connectivity index (χ3v) is 8.56. The van der Waals surface area contributed by atoms with E-state index in [9.17, 15) is 19.2 Å². The second-order valence-corrected chi connectivity index (χ2v) is 10.7. The number of rotatable bonds is 7. The topological polar surface area (TPSA) is 92.8 Å². The summed E-state index contributed by atoms with van der Waals surface area (Å²) in [6.45, 7) is 1.60. The number of nitrogens with zero attached hydrogens (tertiary/aromatic N) is 1. The second kappa shape index (κ2) is 10.1. The zero-order valence-electron chi connectivity index (χ0n) is 21.7. The standard InChI is InChI=1S/C32H30N2O5/c1-2-19-11-13-23(14-12-19)33-27(35)18-39-32(38)21-9-6-10-24(15-21)34-30(36)28-22-16-25(20-7-4-3-5-8-20)26(17-22)29(28)31(34)37/h3-15,22,25-26,28-29H,2,16-18H2,1H3,(H,33,35)/t22-,25-,26+,28+,29-/m0/s1. The van der Waals surface area contributed by atoms with Gasteiger partial charge in [0.1, 0.15) is 0 Å². The third-order valence-electron chi connectivity index (χ3n) is 8.56. The molecule has 1 aliphatic heterocycles. The summed E-state index contributed by atoms with van der Waals surface area (Å²) in [7, 11) is 0. The molecule has 7 heteroatoms. The average Bonchev–Trinajstić information content (AvgIpc) is 3.63. The minimum atomic E-state index is -0.697. The molecule has 0 unspecified atom stereocenters. The minimum Gasteiger partial charge on any atom is -0.452 e. The zero-order chi connectivity index (χ0) is 27.1. The van der Waals surface area contributed by atoms with Crippen molar-refractivity contribution in [2.75, 3.05) is 16.8 Å². The van der Waals surface area contributed by atoms with Gasteiger partial charge in [-0.15, -0.1) is 0 Å². The monoisotopic (exact) mass is 522 g/mol. The van der Waals surface area contributed by atoms with Crippen LogP contribution >= 0.6 is 0 Å². The number of hydrogen-bond donors (Lipinski definition) is 1.